The number of ketones is 1. The average molecular weight is 280 g/mol. The minimum Gasteiger partial charge on any atom is -0.495 e. The lowest BCUT2D eigenvalue weighted by atomic mass is 10.0. The van der Waals surface area contributed by atoms with Crippen LogP contribution in [0.5, 0.6) is 5.75 Å². The standard InChI is InChI=1S/C13H16N2O3S/c1-7-4-5-10(18-3)9(6-7)15-13(19)11(8(2)16)12(14)17/h4-6,11H,1-3H3,(H2,14,17)(H,15,19). The fraction of sp³-hybridized carbons (Fsp3) is 0.308. The van der Waals surface area contributed by atoms with Gasteiger partial charge in [0.05, 0.1) is 17.8 Å². The summed E-state index contributed by atoms with van der Waals surface area (Å²) in [5.74, 6) is -1.71. The first kappa shape index (κ1) is 15.1. The molecule has 102 valence electrons. The fourth-order valence-electron chi connectivity index (χ4n) is 1.64. The molecule has 5 nitrogen and oxygen atoms in total. The topological polar surface area (TPSA) is 81.4 Å². The first-order valence-corrected chi connectivity index (χ1v) is 6.03. The molecule has 1 aromatic carbocycles. The van der Waals surface area contributed by atoms with Crippen LogP contribution in [-0.2, 0) is 9.59 Å². The first-order valence-electron chi connectivity index (χ1n) is 5.62. The predicted molar refractivity (Wildman–Crippen MR) is 77.3 cm³/mol. The normalized spacial score (nSPS) is 11.5. The molecule has 0 aromatic heterocycles. The van der Waals surface area contributed by atoms with E-state index in [1.165, 1.54) is 14.0 Å². The summed E-state index contributed by atoms with van der Waals surface area (Å²) in [6, 6.07) is 5.46. The van der Waals surface area contributed by atoms with Gasteiger partial charge in [0.25, 0.3) is 0 Å². The summed E-state index contributed by atoms with van der Waals surface area (Å²) < 4.78 is 5.18. The lowest BCUT2D eigenvalue weighted by Gasteiger charge is -2.16. The van der Waals surface area contributed by atoms with E-state index in [4.69, 9.17) is 22.7 Å². The van der Waals surface area contributed by atoms with Gasteiger partial charge in [-0.2, -0.15) is 0 Å². The van der Waals surface area contributed by atoms with Crippen molar-refractivity contribution < 1.29 is 14.3 Å². The van der Waals surface area contributed by atoms with Crippen molar-refractivity contribution in [1.29, 1.82) is 0 Å². The largest absolute Gasteiger partial charge is 0.495 e. The van der Waals surface area contributed by atoms with Crippen LogP contribution in [0.25, 0.3) is 0 Å². The molecule has 0 heterocycles. The third-order valence-corrected chi connectivity index (χ3v) is 2.90. The lowest BCUT2D eigenvalue weighted by Crippen LogP contribution is -2.38. The highest BCUT2D eigenvalue weighted by atomic mass is 32.1. The molecule has 0 fully saturated rings. The zero-order chi connectivity index (χ0) is 14.6. The molecule has 1 unspecified atom stereocenters. The van der Waals surface area contributed by atoms with E-state index >= 15 is 0 Å². The van der Waals surface area contributed by atoms with E-state index in [9.17, 15) is 9.59 Å². The van der Waals surface area contributed by atoms with E-state index in [1.807, 2.05) is 19.1 Å². The number of rotatable bonds is 5. The second-order valence-corrected chi connectivity index (χ2v) is 4.58. The molecule has 1 atom stereocenters. The molecule has 0 bridgehead atoms. The van der Waals surface area contributed by atoms with Crippen LogP contribution in [-0.4, -0.2) is 23.8 Å². The van der Waals surface area contributed by atoms with Gasteiger partial charge in [0, 0.05) is 0 Å². The van der Waals surface area contributed by atoms with E-state index in [1.54, 1.807) is 6.07 Å². The van der Waals surface area contributed by atoms with Crippen molar-refractivity contribution in [3.63, 3.8) is 0 Å². The fourth-order valence-corrected chi connectivity index (χ4v) is 2.03. The van der Waals surface area contributed by atoms with Crippen molar-refractivity contribution in [3.05, 3.63) is 23.8 Å². The van der Waals surface area contributed by atoms with Crippen LogP contribution in [0, 0.1) is 12.8 Å². The van der Waals surface area contributed by atoms with Crippen LogP contribution in [0.1, 0.15) is 12.5 Å². The molecule has 1 amide bonds. The molecule has 0 spiro atoms. The maximum Gasteiger partial charge on any atom is 0.234 e. The molecule has 0 saturated carbocycles. The highest BCUT2D eigenvalue weighted by Gasteiger charge is 2.26. The Bertz CT molecular complexity index is 515. The summed E-state index contributed by atoms with van der Waals surface area (Å²) in [5.41, 5.74) is 6.76. The molecular weight excluding hydrogens is 264 g/mol. The number of carbonyl (C=O) groups is 2. The van der Waals surface area contributed by atoms with Crippen LogP contribution in [0.3, 0.4) is 0 Å². The van der Waals surface area contributed by atoms with Crippen LogP contribution in [0.4, 0.5) is 5.69 Å². The van der Waals surface area contributed by atoms with Gasteiger partial charge in [-0.3, -0.25) is 9.59 Å². The number of methoxy groups -OCH3 is 1. The molecule has 0 saturated heterocycles. The molecular formula is C13H16N2O3S. The number of nitrogens with two attached hydrogens (primary N) is 1. The number of thiocarbonyl (C=S) groups is 1. The van der Waals surface area contributed by atoms with E-state index in [2.05, 4.69) is 5.32 Å². The highest BCUT2D eigenvalue weighted by molar-refractivity contribution is 7.80. The number of Topliss-reactive ketones (excluding diaryl/α,β-unsaturated/α-hetero) is 1. The summed E-state index contributed by atoms with van der Waals surface area (Å²) in [6.45, 7) is 3.18. The molecule has 1 rings (SSSR count). The number of benzene rings is 1. The van der Waals surface area contributed by atoms with Crippen molar-refractivity contribution in [2.24, 2.45) is 11.7 Å². The van der Waals surface area contributed by atoms with E-state index < -0.39 is 17.6 Å². The lowest BCUT2D eigenvalue weighted by molar-refractivity contribution is -0.128. The number of amides is 1. The Morgan fingerprint density at radius 2 is 2.05 bits per heavy atom. The molecule has 0 radical (unpaired) electrons. The van der Waals surface area contributed by atoms with Crippen LogP contribution in [0.15, 0.2) is 18.2 Å². The minimum atomic E-state index is -1.12. The number of hydrogen-bond acceptors (Lipinski definition) is 4. The third kappa shape index (κ3) is 3.75. The van der Waals surface area contributed by atoms with Crippen LogP contribution < -0.4 is 15.8 Å². The monoisotopic (exact) mass is 280 g/mol. The summed E-state index contributed by atoms with van der Waals surface area (Å²) in [4.78, 5) is 22.7. The van der Waals surface area contributed by atoms with Crippen molar-refractivity contribution >= 4 is 34.6 Å². The molecule has 0 aliphatic rings. The highest BCUT2D eigenvalue weighted by Crippen LogP contribution is 2.26. The third-order valence-electron chi connectivity index (χ3n) is 2.57. The number of carbonyl (C=O) groups excluding carboxylic acids is 2. The van der Waals surface area contributed by atoms with Crippen molar-refractivity contribution in [2.75, 3.05) is 12.4 Å². The number of aryl methyl sites for hydroxylation is 1. The second-order valence-electron chi connectivity index (χ2n) is 4.14. The summed E-state index contributed by atoms with van der Waals surface area (Å²) in [7, 11) is 1.52. The molecule has 0 aliphatic carbocycles. The molecule has 19 heavy (non-hydrogen) atoms. The Hall–Kier alpha value is -1.95. The minimum absolute atomic E-state index is 0.0731. The van der Waals surface area contributed by atoms with Crippen molar-refractivity contribution in [1.82, 2.24) is 0 Å². The zero-order valence-corrected chi connectivity index (χ0v) is 11.8. The zero-order valence-electron chi connectivity index (χ0n) is 11.0. The maximum absolute atomic E-state index is 11.4. The average Bonchev–Trinajstić information content (AvgIpc) is 2.27. The summed E-state index contributed by atoms with van der Waals surface area (Å²) in [6.07, 6.45) is 0. The Balaban J connectivity index is 3.01. The number of primary amides is 1. The Kier molecular flexibility index (Phi) is 5.00. The number of hydrogen-bond donors (Lipinski definition) is 2. The summed E-state index contributed by atoms with van der Waals surface area (Å²) in [5, 5.41) is 2.85. The van der Waals surface area contributed by atoms with Gasteiger partial charge in [0.2, 0.25) is 5.91 Å². The van der Waals surface area contributed by atoms with Gasteiger partial charge in [-0.15, -0.1) is 0 Å². The Labute approximate surface area is 117 Å². The van der Waals surface area contributed by atoms with Crippen molar-refractivity contribution in [3.8, 4) is 5.75 Å². The number of nitrogens with one attached hydrogen (secondary N) is 1. The van der Waals surface area contributed by atoms with Gasteiger partial charge in [0.1, 0.15) is 17.5 Å². The number of anilines is 1. The van der Waals surface area contributed by atoms with Gasteiger partial charge in [0.15, 0.2) is 0 Å². The quantitative estimate of drug-likeness (QED) is 0.630. The van der Waals surface area contributed by atoms with Crippen molar-refractivity contribution in [2.45, 2.75) is 13.8 Å². The van der Waals surface area contributed by atoms with Crippen LogP contribution in [0.2, 0.25) is 0 Å². The first-order chi connectivity index (χ1) is 8.86. The van der Waals surface area contributed by atoms with E-state index in [-0.39, 0.29) is 4.99 Å². The number of ether oxygens (including phenoxy) is 1. The maximum atomic E-state index is 11.4. The van der Waals surface area contributed by atoms with Crippen LogP contribution >= 0.6 is 12.2 Å². The molecule has 3 N–H and O–H groups in total. The van der Waals surface area contributed by atoms with Gasteiger partial charge < -0.3 is 15.8 Å². The smallest absolute Gasteiger partial charge is 0.234 e. The molecule has 0 aliphatic heterocycles. The summed E-state index contributed by atoms with van der Waals surface area (Å²) >= 11 is 5.07. The van der Waals surface area contributed by atoms with Gasteiger partial charge in [-0.25, -0.2) is 0 Å². The van der Waals surface area contributed by atoms with Gasteiger partial charge in [-0.05, 0) is 31.5 Å². The second kappa shape index (κ2) is 6.29. The SMILES string of the molecule is COc1ccc(C)cc1NC(=S)C(C(C)=O)C(N)=O. The van der Waals surface area contributed by atoms with E-state index in [0.717, 1.165) is 5.56 Å². The molecule has 1 aromatic rings. The van der Waals surface area contributed by atoms with E-state index in [0.29, 0.717) is 11.4 Å². The van der Waals surface area contributed by atoms with Gasteiger partial charge >= 0.3 is 0 Å². The predicted octanol–water partition coefficient (Wildman–Crippen LogP) is 1.43. The molecule has 6 heteroatoms. The van der Waals surface area contributed by atoms with Gasteiger partial charge in [-0.1, -0.05) is 18.3 Å². The Morgan fingerprint density at radius 3 is 2.53 bits per heavy atom. The Morgan fingerprint density at radius 1 is 1.42 bits per heavy atom.